The summed E-state index contributed by atoms with van der Waals surface area (Å²) in [5.74, 6) is 0.702. The van der Waals surface area contributed by atoms with Gasteiger partial charge in [-0.25, -0.2) is 0 Å². The molecule has 0 bridgehead atoms. The molecular weight excluding hydrogens is 188 g/mol. The monoisotopic (exact) mass is 216 g/mol. The van der Waals surface area contributed by atoms with Crippen LogP contribution in [0.5, 0.6) is 0 Å². The van der Waals surface area contributed by atoms with Crippen molar-refractivity contribution in [3.05, 3.63) is 0 Å². The Hall–Kier alpha value is -0.0800. The van der Waals surface area contributed by atoms with E-state index in [1.165, 1.54) is 38.5 Å². The molecule has 0 aromatic carbocycles. The van der Waals surface area contributed by atoms with E-state index in [1.54, 1.807) is 0 Å². The third-order valence-electron chi connectivity index (χ3n) is 2.82. The molecule has 0 radical (unpaired) electrons. The van der Waals surface area contributed by atoms with Crippen molar-refractivity contribution in [2.75, 3.05) is 20.0 Å². The Morgan fingerprint density at radius 3 is 2.20 bits per heavy atom. The molecule has 92 valence electrons. The first kappa shape index (κ1) is 14.9. The van der Waals surface area contributed by atoms with Crippen molar-refractivity contribution in [2.24, 2.45) is 5.92 Å². The normalized spacial score (nSPS) is 11.2. The molecule has 2 heteroatoms. The highest BCUT2D eigenvalue weighted by atomic mass is 16.7. The average molecular weight is 216 g/mol. The molecule has 0 aliphatic rings. The molecule has 0 aromatic rings. The van der Waals surface area contributed by atoms with Gasteiger partial charge < -0.3 is 9.47 Å². The van der Waals surface area contributed by atoms with Gasteiger partial charge in [-0.05, 0) is 12.3 Å². The van der Waals surface area contributed by atoms with Crippen LogP contribution in [0.15, 0.2) is 0 Å². The van der Waals surface area contributed by atoms with Crippen LogP contribution in [0.3, 0.4) is 0 Å². The molecule has 0 rings (SSSR count). The SMILES string of the molecule is CCCCCCOCOCC(CC)CC. The van der Waals surface area contributed by atoms with E-state index in [9.17, 15) is 0 Å². The second-order valence-electron chi connectivity index (χ2n) is 4.14. The van der Waals surface area contributed by atoms with Crippen LogP contribution in [0.4, 0.5) is 0 Å². The maximum atomic E-state index is 5.46. The zero-order chi connectivity index (χ0) is 11.4. The fourth-order valence-corrected chi connectivity index (χ4v) is 1.49. The minimum Gasteiger partial charge on any atom is -0.355 e. The highest BCUT2D eigenvalue weighted by molar-refractivity contribution is 4.50. The van der Waals surface area contributed by atoms with Crippen molar-refractivity contribution in [3.8, 4) is 0 Å². The lowest BCUT2D eigenvalue weighted by Crippen LogP contribution is -2.10. The van der Waals surface area contributed by atoms with Crippen LogP contribution in [0.25, 0.3) is 0 Å². The van der Waals surface area contributed by atoms with E-state index in [-0.39, 0.29) is 0 Å². The van der Waals surface area contributed by atoms with Gasteiger partial charge in [-0.15, -0.1) is 0 Å². The van der Waals surface area contributed by atoms with E-state index in [2.05, 4.69) is 20.8 Å². The summed E-state index contributed by atoms with van der Waals surface area (Å²) in [5, 5.41) is 0. The maximum absolute atomic E-state index is 5.46. The van der Waals surface area contributed by atoms with E-state index >= 15 is 0 Å². The molecule has 0 aliphatic carbocycles. The quantitative estimate of drug-likeness (QED) is 0.384. The molecule has 0 aliphatic heterocycles. The number of hydrogen-bond acceptors (Lipinski definition) is 2. The van der Waals surface area contributed by atoms with Gasteiger partial charge in [0.15, 0.2) is 0 Å². The van der Waals surface area contributed by atoms with Gasteiger partial charge >= 0.3 is 0 Å². The third kappa shape index (κ3) is 10.2. The van der Waals surface area contributed by atoms with E-state index in [4.69, 9.17) is 9.47 Å². The molecule has 0 spiro atoms. The third-order valence-corrected chi connectivity index (χ3v) is 2.82. The van der Waals surface area contributed by atoms with Crippen molar-refractivity contribution in [2.45, 2.75) is 59.3 Å². The molecule has 0 atom stereocenters. The molecule has 0 aromatic heterocycles. The van der Waals surface area contributed by atoms with Gasteiger partial charge in [0.1, 0.15) is 6.79 Å². The minimum atomic E-state index is 0.475. The predicted molar refractivity (Wildman–Crippen MR) is 65.0 cm³/mol. The highest BCUT2D eigenvalue weighted by Crippen LogP contribution is 2.07. The predicted octanol–water partition coefficient (Wildman–Crippen LogP) is 3.99. The molecule has 0 fully saturated rings. The van der Waals surface area contributed by atoms with E-state index < -0.39 is 0 Å². The summed E-state index contributed by atoms with van der Waals surface area (Å²) < 4.78 is 10.9. The first-order valence-electron chi connectivity index (χ1n) is 6.50. The van der Waals surface area contributed by atoms with Crippen molar-refractivity contribution in [1.82, 2.24) is 0 Å². The van der Waals surface area contributed by atoms with E-state index in [1.807, 2.05) is 0 Å². The van der Waals surface area contributed by atoms with Gasteiger partial charge in [-0.1, -0.05) is 52.9 Å². The Balaban J connectivity index is 3.04. The summed E-state index contributed by atoms with van der Waals surface area (Å²) in [5.41, 5.74) is 0. The molecule has 0 N–H and O–H groups in total. The van der Waals surface area contributed by atoms with Gasteiger partial charge in [0.2, 0.25) is 0 Å². The van der Waals surface area contributed by atoms with Crippen molar-refractivity contribution < 1.29 is 9.47 Å². The number of ether oxygens (including phenoxy) is 2. The Morgan fingerprint density at radius 1 is 0.867 bits per heavy atom. The summed E-state index contributed by atoms with van der Waals surface area (Å²) in [6, 6.07) is 0. The van der Waals surface area contributed by atoms with Crippen molar-refractivity contribution in [1.29, 1.82) is 0 Å². The zero-order valence-corrected chi connectivity index (χ0v) is 10.8. The molecular formula is C13H28O2. The van der Waals surface area contributed by atoms with Gasteiger partial charge in [0, 0.05) is 6.61 Å². The molecule has 0 saturated heterocycles. The van der Waals surface area contributed by atoms with E-state index in [0.717, 1.165) is 13.2 Å². The molecule has 2 nitrogen and oxygen atoms in total. The van der Waals surface area contributed by atoms with Crippen LogP contribution in [-0.4, -0.2) is 20.0 Å². The first-order valence-corrected chi connectivity index (χ1v) is 6.50. The molecule has 0 saturated carbocycles. The van der Waals surface area contributed by atoms with Crippen LogP contribution in [0.2, 0.25) is 0 Å². The van der Waals surface area contributed by atoms with Crippen LogP contribution in [0, 0.1) is 5.92 Å². The second-order valence-corrected chi connectivity index (χ2v) is 4.14. The molecule has 0 unspecified atom stereocenters. The Kier molecular flexibility index (Phi) is 11.9. The smallest absolute Gasteiger partial charge is 0.146 e. The lowest BCUT2D eigenvalue weighted by atomic mass is 10.1. The Labute approximate surface area is 95.3 Å². The van der Waals surface area contributed by atoms with Gasteiger partial charge in [0.25, 0.3) is 0 Å². The van der Waals surface area contributed by atoms with Crippen LogP contribution >= 0.6 is 0 Å². The fourth-order valence-electron chi connectivity index (χ4n) is 1.49. The van der Waals surface area contributed by atoms with Gasteiger partial charge in [-0.2, -0.15) is 0 Å². The lowest BCUT2D eigenvalue weighted by molar-refractivity contribution is -0.0658. The number of unbranched alkanes of at least 4 members (excludes halogenated alkanes) is 3. The largest absolute Gasteiger partial charge is 0.355 e. The van der Waals surface area contributed by atoms with Crippen LogP contribution < -0.4 is 0 Å². The number of hydrogen-bond donors (Lipinski definition) is 0. The summed E-state index contributed by atoms with van der Waals surface area (Å²) in [7, 11) is 0. The zero-order valence-electron chi connectivity index (χ0n) is 10.8. The second kappa shape index (κ2) is 12.0. The maximum Gasteiger partial charge on any atom is 0.146 e. The average Bonchev–Trinajstić information content (AvgIpc) is 2.27. The van der Waals surface area contributed by atoms with Crippen LogP contribution in [-0.2, 0) is 9.47 Å². The van der Waals surface area contributed by atoms with Crippen LogP contribution in [0.1, 0.15) is 59.3 Å². The van der Waals surface area contributed by atoms with Crippen molar-refractivity contribution >= 4 is 0 Å². The summed E-state index contributed by atoms with van der Waals surface area (Å²) in [6.45, 7) is 8.82. The van der Waals surface area contributed by atoms with E-state index in [0.29, 0.717) is 12.7 Å². The highest BCUT2D eigenvalue weighted by Gasteiger charge is 2.02. The topological polar surface area (TPSA) is 18.5 Å². The minimum absolute atomic E-state index is 0.475. The van der Waals surface area contributed by atoms with Gasteiger partial charge in [-0.3, -0.25) is 0 Å². The summed E-state index contributed by atoms with van der Waals surface area (Å²) in [4.78, 5) is 0. The molecule has 15 heavy (non-hydrogen) atoms. The molecule has 0 heterocycles. The standard InChI is InChI=1S/C13H28O2/c1-4-7-8-9-10-14-12-15-11-13(5-2)6-3/h13H,4-12H2,1-3H3. The fraction of sp³-hybridized carbons (Fsp3) is 1.00. The summed E-state index contributed by atoms with van der Waals surface area (Å²) >= 11 is 0. The van der Waals surface area contributed by atoms with Crippen molar-refractivity contribution in [3.63, 3.8) is 0 Å². The Bertz CT molecular complexity index is 111. The molecule has 0 amide bonds. The Morgan fingerprint density at radius 2 is 1.60 bits per heavy atom. The first-order chi connectivity index (χ1) is 7.35. The van der Waals surface area contributed by atoms with Gasteiger partial charge in [0.05, 0.1) is 6.61 Å². The lowest BCUT2D eigenvalue weighted by Gasteiger charge is -2.12. The number of rotatable bonds is 11. The summed E-state index contributed by atoms with van der Waals surface area (Å²) in [6.07, 6.45) is 7.45.